The highest BCUT2D eigenvalue weighted by atomic mass is 32.1. The molecule has 1 aliphatic heterocycles. The summed E-state index contributed by atoms with van der Waals surface area (Å²) in [6, 6.07) is 11.8. The first-order valence-corrected chi connectivity index (χ1v) is 19.7. The van der Waals surface area contributed by atoms with Gasteiger partial charge in [-0.3, -0.25) is 14.9 Å². The molecular formula is C39H50FN7O8S. The fraction of sp³-hybridized carbons (Fsp3) is 0.487. The van der Waals surface area contributed by atoms with E-state index in [4.69, 9.17) is 33.4 Å². The molecule has 6 rings (SSSR count). The summed E-state index contributed by atoms with van der Waals surface area (Å²) >= 11 is 1.47. The summed E-state index contributed by atoms with van der Waals surface area (Å²) in [4.78, 5) is 39.0. The summed E-state index contributed by atoms with van der Waals surface area (Å²) in [7, 11) is 1.64. The van der Waals surface area contributed by atoms with Crippen LogP contribution in [0.5, 0.6) is 11.5 Å². The lowest BCUT2D eigenvalue weighted by molar-refractivity contribution is -0.00744. The monoisotopic (exact) mass is 795 g/mol. The van der Waals surface area contributed by atoms with E-state index in [0.717, 1.165) is 58.8 Å². The molecule has 3 aromatic heterocycles. The van der Waals surface area contributed by atoms with Crippen molar-refractivity contribution in [1.29, 1.82) is 0 Å². The SMILES string of the molecule is COCCOCCOCCOCCOCCNC(=O)N1CCN(Cc2ccc(-c3cc4nccc(Oc5ccc(NC(=O)NC6CC6)cc5F)c4s3)nc2)CC1. The number of anilines is 1. The van der Waals surface area contributed by atoms with Crippen LogP contribution in [0, 0.1) is 5.82 Å². The maximum Gasteiger partial charge on any atom is 0.319 e. The molecule has 0 bridgehead atoms. The van der Waals surface area contributed by atoms with Gasteiger partial charge in [0.1, 0.15) is 5.75 Å². The van der Waals surface area contributed by atoms with Crippen LogP contribution in [0.25, 0.3) is 20.8 Å². The van der Waals surface area contributed by atoms with Gasteiger partial charge in [-0.25, -0.2) is 14.0 Å². The summed E-state index contributed by atoms with van der Waals surface area (Å²) < 4.78 is 48.5. The summed E-state index contributed by atoms with van der Waals surface area (Å²) in [5, 5.41) is 8.41. The number of amides is 4. The first kappa shape index (κ1) is 41.2. The molecule has 4 aromatic rings. The van der Waals surface area contributed by atoms with E-state index in [1.54, 1.807) is 25.4 Å². The number of urea groups is 2. The molecule has 1 aromatic carbocycles. The zero-order valence-electron chi connectivity index (χ0n) is 31.6. The number of pyridine rings is 2. The highest BCUT2D eigenvalue weighted by Crippen LogP contribution is 2.39. The van der Waals surface area contributed by atoms with Gasteiger partial charge in [0.2, 0.25) is 0 Å². The third-order valence-corrected chi connectivity index (χ3v) is 10.1. The molecule has 3 N–H and O–H groups in total. The molecule has 0 spiro atoms. The van der Waals surface area contributed by atoms with Crippen molar-refractivity contribution in [2.45, 2.75) is 25.4 Å². The second-order valence-corrected chi connectivity index (χ2v) is 14.3. The summed E-state index contributed by atoms with van der Waals surface area (Å²) in [6.45, 7) is 8.43. The normalized spacial score (nSPS) is 14.6. The van der Waals surface area contributed by atoms with Crippen molar-refractivity contribution in [3.63, 3.8) is 0 Å². The van der Waals surface area contributed by atoms with Crippen molar-refractivity contribution in [3.05, 3.63) is 66.2 Å². The number of hydrogen-bond acceptors (Lipinski definition) is 12. The lowest BCUT2D eigenvalue weighted by Gasteiger charge is -2.34. The second kappa shape index (κ2) is 21.7. The Balaban J connectivity index is 0.868. The van der Waals surface area contributed by atoms with Crippen molar-refractivity contribution < 1.29 is 42.4 Å². The largest absolute Gasteiger partial charge is 0.453 e. The summed E-state index contributed by atoms with van der Waals surface area (Å²) in [6.07, 6.45) is 5.43. The van der Waals surface area contributed by atoms with E-state index in [2.05, 4.69) is 31.9 Å². The van der Waals surface area contributed by atoms with Crippen LogP contribution in [0.1, 0.15) is 18.4 Å². The van der Waals surface area contributed by atoms with Crippen molar-refractivity contribution >= 4 is 39.3 Å². The van der Waals surface area contributed by atoms with Gasteiger partial charge in [0.25, 0.3) is 0 Å². The average Bonchev–Trinajstić information content (AvgIpc) is 3.91. The van der Waals surface area contributed by atoms with Gasteiger partial charge < -0.3 is 49.3 Å². The number of thiophene rings is 1. The molecular weight excluding hydrogens is 746 g/mol. The minimum Gasteiger partial charge on any atom is -0.453 e. The number of halogens is 1. The zero-order valence-corrected chi connectivity index (χ0v) is 32.5. The predicted octanol–water partition coefficient (Wildman–Crippen LogP) is 5.11. The highest BCUT2D eigenvalue weighted by Gasteiger charge is 2.24. The van der Waals surface area contributed by atoms with Crippen molar-refractivity contribution in [1.82, 2.24) is 30.4 Å². The van der Waals surface area contributed by atoms with Gasteiger partial charge in [-0.15, -0.1) is 11.3 Å². The average molecular weight is 796 g/mol. The number of fused-ring (bicyclic) bond motifs is 1. The molecule has 2 fully saturated rings. The number of nitrogens with zero attached hydrogens (tertiary/aromatic N) is 4. The second-order valence-electron chi connectivity index (χ2n) is 13.2. The molecule has 4 amide bonds. The van der Waals surface area contributed by atoms with Crippen LogP contribution in [0.3, 0.4) is 0 Å². The lowest BCUT2D eigenvalue weighted by atomic mass is 10.2. The number of ether oxygens (including phenoxy) is 6. The van der Waals surface area contributed by atoms with Crippen LogP contribution in [-0.4, -0.2) is 137 Å². The molecule has 1 saturated heterocycles. The van der Waals surface area contributed by atoms with Gasteiger partial charge in [0.05, 0.1) is 80.2 Å². The number of carbonyl (C=O) groups is 2. The van der Waals surface area contributed by atoms with Crippen LogP contribution in [0.15, 0.2) is 54.9 Å². The Morgan fingerprint density at radius 1 is 0.839 bits per heavy atom. The maximum absolute atomic E-state index is 15.0. The smallest absolute Gasteiger partial charge is 0.319 e. The zero-order chi connectivity index (χ0) is 39.0. The number of methoxy groups -OCH3 is 1. The molecule has 15 nitrogen and oxygen atoms in total. The first-order chi connectivity index (χ1) is 27.4. The fourth-order valence-electron chi connectivity index (χ4n) is 5.76. The molecule has 56 heavy (non-hydrogen) atoms. The van der Waals surface area contributed by atoms with Crippen molar-refractivity contribution in [2.75, 3.05) is 105 Å². The van der Waals surface area contributed by atoms with Gasteiger partial charge in [0.15, 0.2) is 11.6 Å². The Kier molecular flexibility index (Phi) is 16.0. The maximum atomic E-state index is 15.0. The van der Waals surface area contributed by atoms with Crippen molar-refractivity contribution in [2.24, 2.45) is 0 Å². The van der Waals surface area contributed by atoms with Gasteiger partial charge >= 0.3 is 12.1 Å². The predicted molar refractivity (Wildman–Crippen MR) is 210 cm³/mol. The van der Waals surface area contributed by atoms with Gasteiger partial charge in [-0.05, 0) is 42.7 Å². The van der Waals surface area contributed by atoms with Crippen LogP contribution in [0.4, 0.5) is 19.7 Å². The van der Waals surface area contributed by atoms with Crippen LogP contribution in [0.2, 0.25) is 0 Å². The molecule has 0 radical (unpaired) electrons. The highest BCUT2D eigenvalue weighted by molar-refractivity contribution is 7.22. The van der Waals surface area contributed by atoms with E-state index in [1.165, 1.54) is 23.5 Å². The van der Waals surface area contributed by atoms with E-state index < -0.39 is 5.82 Å². The van der Waals surface area contributed by atoms with Crippen molar-refractivity contribution in [3.8, 4) is 22.1 Å². The molecule has 1 saturated carbocycles. The number of aromatic nitrogens is 2. The molecule has 2 aliphatic rings. The summed E-state index contributed by atoms with van der Waals surface area (Å²) in [5.41, 5.74) is 2.94. The molecule has 0 atom stereocenters. The fourth-order valence-corrected chi connectivity index (χ4v) is 6.80. The van der Waals surface area contributed by atoms with Gasteiger partial charge in [-0.2, -0.15) is 0 Å². The number of nitrogens with one attached hydrogen (secondary N) is 3. The number of rotatable bonds is 22. The third kappa shape index (κ3) is 13.0. The number of piperazine rings is 1. The molecule has 302 valence electrons. The third-order valence-electron chi connectivity index (χ3n) is 8.91. The van der Waals surface area contributed by atoms with E-state index in [1.807, 2.05) is 23.2 Å². The van der Waals surface area contributed by atoms with E-state index >= 15 is 0 Å². The Hall–Kier alpha value is -4.49. The van der Waals surface area contributed by atoms with E-state index in [0.29, 0.717) is 90.5 Å². The van der Waals surface area contributed by atoms with E-state index in [-0.39, 0.29) is 23.9 Å². The standard InChI is InChI=1S/C39H50FN7O8S/c1-50-16-17-52-20-21-54-23-22-53-19-18-51-15-10-42-39(49)47-13-11-46(12-14-47)27-28-2-6-32(43-26-28)36-25-33-37(56-36)35(8-9-41-33)55-34-7-5-30(24-31(34)40)45-38(48)44-29-3-4-29/h2,5-9,24-26,29H,3-4,10-23,27H2,1H3,(H,42,49)(H2,44,45,48). The minimum absolute atomic E-state index is 0.0439. The molecule has 1 aliphatic carbocycles. The Bertz CT molecular complexity index is 1840. The summed E-state index contributed by atoms with van der Waals surface area (Å²) in [5.74, 6) is -0.0689. The topological polar surface area (TPSA) is 158 Å². The van der Waals surface area contributed by atoms with Crippen LogP contribution >= 0.6 is 11.3 Å². The minimum atomic E-state index is -0.590. The van der Waals surface area contributed by atoms with Gasteiger partial charge in [0, 0.05) is 82.6 Å². The van der Waals surface area contributed by atoms with E-state index in [9.17, 15) is 14.0 Å². The Morgan fingerprint density at radius 3 is 2.21 bits per heavy atom. The number of carbonyl (C=O) groups excluding carboxylic acids is 2. The van der Waals surface area contributed by atoms with Crippen LogP contribution < -0.4 is 20.7 Å². The molecule has 0 unspecified atom stereocenters. The lowest BCUT2D eigenvalue weighted by Crippen LogP contribution is -2.51. The first-order valence-electron chi connectivity index (χ1n) is 18.9. The number of hydrogen-bond donors (Lipinski definition) is 3. The Labute approximate surface area is 329 Å². The number of benzene rings is 1. The van der Waals surface area contributed by atoms with Gasteiger partial charge in [-0.1, -0.05) is 6.07 Å². The molecule has 17 heteroatoms. The Morgan fingerprint density at radius 2 is 1.55 bits per heavy atom. The van der Waals surface area contributed by atoms with Crippen LogP contribution in [-0.2, 0) is 30.2 Å². The quantitative estimate of drug-likeness (QED) is 0.0909. The molecule has 4 heterocycles.